The fourth-order valence-corrected chi connectivity index (χ4v) is 2.58. The van der Waals surface area contributed by atoms with Crippen LogP contribution in [0.5, 0.6) is 5.75 Å². The third-order valence-electron chi connectivity index (χ3n) is 4.27. The molecule has 0 spiro atoms. The van der Waals surface area contributed by atoms with E-state index < -0.39 is 41.8 Å². The number of amides is 3. The number of primary amides is 1. The number of carbonyl (C=O) groups excluding carboxylic acids is 3. The van der Waals surface area contributed by atoms with Crippen LogP contribution in [0.25, 0.3) is 0 Å². The second-order valence-electron chi connectivity index (χ2n) is 7.11. The molecule has 0 fully saturated rings. The Kier molecular flexibility index (Phi) is 9.07. The Morgan fingerprint density at radius 3 is 2.10 bits per heavy atom. The summed E-state index contributed by atoms with van der Waals surface area (Å²) >= 11 is 0. The van der Waals surface area contributed by atoms with E-state index in [1.807, 2.05) is 0 Å². The van der Waals surface area contributed by atoms with E-state index in [2.05, 4.69) is 10.6 Å². The first-order valence-electron chi connectivity index (χ1n) is 9.16. The number of aromatic hydroxyl groups is 1. The Bertz CT molecular complexity index is 735. The average molecular weight is 408 g/mol. The van der Waals surface area contributed by atoms with Crippen LogP contribution in [0.4, 0.5) is 0 Å². The van der Waals surface area contributed by atoms with Crippen LogP contribution in [0.1, 0.15) is 32.3 Å². The SMILES string of the molecule is CC(C)[C@H](NC(=O)[C@@H](N)Cc1ccc(O)cc1)C(=O)N[C@@H](CCC(N)=O)C(=O)O. The van der Waals surface area contributed by atoms with E-state index in [1.54, 1.807) is 26.0 Å². The number of aliphatic carboxylic acids is 1. The molecule has 10 nitrogen and oxygen atoms in total. The number of hydrogen-bond donors (Lipinski definition) is 6. The summed E-state index contributed by atoms with van der Waals surface area (Å²) in [6.45, 7) is 3.38. The third-order valence-corrected chi connectivity index (χ3v) is 4.27. The molecule has 0 heterocycles. The molecule has 1 aromatic rings. The number of phenols is 1. The molecule has 1 rings (SSSR count). The second kappa shape index (κ2) is 11.0. The van der Waals surface area contributed by atoms with Crippen LogP contribution in [0.15, 0.2) is 24.3 Å². The van der Waals surface area contributed by atoms with Gasteiger partial charge in [0.15, 0.2) is 0 Å². The minimum absolute atomic E-state index is 0.0904. The maximum Gasteiger partial charge on any atom is 0.326 e. The Labute approximate surface area is 168 Å². The molecule has 3 amide bonds. The number of nitrogens with two attached hydrogens (primary N) is 2. The van der Waals surface area contributed by atoms with Crippen molar-refractivity contribution in [1.82, 2.24) is 10.6 Å². The fourth-order valence-electron chi connectivity index (χ4n) is 2.58. The van der Waals surface area contributed by atoms with E-state index in [4.69, 9.17) is 11.5 Å². The van der Waals surface area contributed by atoms with E-state index in [-0.39, 0.29) is 30.9 Å². The van der Waals surface area contributed by atoms with Gasteiger partial charge in [0.2, 0.25) is 17.7 Å². The van der Waals surface area contributed by atoms with Crippen molar-refractivity contribution in [1.29, 1.82) is 0 Å². The van der Waals surface area contributed by atoms with Crippen molar-refractivity contribution >= 4 is 23.7 Å². The third kappa shape index (κ3) is 8.18. The molecule has 0 saturated carbocycles. The molecule has 0 aromatic heterocycles. The predicted molar refractivity (Wildman–Crippen MR) is 105 cm³/mol. The van der Waals surface area contributed by atoms with Gasteiger partial charge in [-0.25, -0.2) is 4.79 Å². The Balaban J connectivity index is 2.75. The monoisotopic (exact) mass is 408 g/mol. The molecule has 0 bridgehead atoms. The maximum atomic E-state index is 12.5. The molecule has 0 unspecified atom stereocenters. The van der Waals surface area contributed by atoms with E-state index in [0.717, 1.165) is 5.56 Å². The lowest BCUT2D eigenvalue weighted by Gasteiger charge is -2.25. The van der Waals surface area contributed by atoms with E-state index in [1.165, 1.54) is 12.1 Å². The molecule has 160 valence electrons. The second-order valence-corrected chi connectivity index (χ2v) is 7.11. The zero-order valence-corrected chi connectivity index (χ0v) is 16.4. The number of carbonyl (C=O) groups is 4. The van der Waals surface area contributed by atoms with Crippen molar-refractivity contribution in [3.63, 3.8) is 0 Å². The van der Waals surface area contributed by atoms with Crippen molar-refractivity contribution < 1.29 is 29.4 Å². The molecule has 0 radical (unpaired) electrons. The van der Waals surface area contributed by atoms with Crippen molar-refractivity contribution in [2.45, 2.75) is 51.2 Å². The summed E-state index contributed by atoms with van der Waals surface area (Å²) in [6.07, 6.45) is -0.169. The summed E-state index contributed by atoms with van der Waals surface area (Å²) < 4.78 is 0. The highest BCUT2D eigenvalue weighted by Gasteiger charge is 2.30. The number of carboxylic acids is 1. The molecule has 8 N–H and O–H groups in total. The van der Waals surface area contributed by atoms with Crippen LogP contribution in [0, 0.1) is 5.92 Å². The molecule has 29 heavy (non-hydrogen) atoms. The lowest BCUT2D eigenvalue weighted by Crippen LogP contribution is -2.56. The molecular weight excluding hydrogens is 380 g/mol. The quantitative estimate of drug-likeness (QED) is 0.278. The van der Waals surface area contributed by atoms with E-state index in [9.17, 15) is 29.4 Å². The van der Waals surface area contributed by atoms with E-state index in [0.29, 0.717) is 0 Å². The van der Waals surface area contributed by atoms with Gasteiger partial charge in [-0.05, 0) is 36.5 Å². The highest BCUT2D eigenvalue weighted by atomic mass is 16.4. The Hall–Kier alpha value is -3.14. The normalized spacial score (nSPS) is 13.9. The molecule has 3 atom stereocenters. The number of rotatable bonds is 11. The smallest absolute Gasteiger partial charge is 0.326 e. The van der Waals surface area contributed by atoms with Crippen LogP contribution in [0.2, 0.25) is 0 Å². The largest absolute Gasteiger partial charge is 0.508 e. The average Bonchev–Trinajstić information content (AvgIpc) is 2.63. The zero-order valence-electron chi connectivity index (χ0n) is 16.4. The van der Waals surface area contributed by atoms with Gasteiger partial charge in [-0.1, -0.05) is 26.0 Å². The number of phenolic OH excluding ortho intramolecular Hbond substituents is 1. The molecule has 0 aliphatic carbocycles. The van der Waals surface area contributed by atoms with Gasteiger partial charge in [0.1, 0.15) is 17.8 Å². The lowest BCUT2D eigenvalue weighted by molar-refractivity contribution is -0.142. The van der Waals surface area contributed by atoms with E-state index >= 15 is 0 Å². The van der Waals surface area contributed by atoms with Gasteiger partial charge in [0.25, 0.3) is 0 Å². The van der Waals surface area contributed by atoms with Gasteiger partial charge >= 0.3 is 5.97 Å². The minimum Gasteiger partial charge on any atom is -0.508 e. The summed E-state index contributed by atoms with van der Waals surface area (Å²) in [6, 6.07) is 2.95. The van der Waals surface area contributed by atoms with Crippen LogP contribution < -0.4 is 22.1 Å². The highest BCUT2D eigenvalue weighted by molar-refractivity contribution is 5.92. The molecule has 0 aliphatic rings. The summed E-state index contributed by atoms with van der Waals surface area (Å²) in [5, 5.41) is 23.4. The first kappa shape index (κ1) is 23.9. The minimum atomic E-state index is -1.31. The zero-order chi connectivity index (χ0) is 22.1. The number of benzene rings is 1. The summed E-state index contributed by atoms with van der Waals surface area (Å²) in [5.74, 6) is -3.51. The number of hydrogen-bond acceptors (Lipinski definition) is 6. The Morgan fingerprint density at radius 1 is 1.03 bits per heavy atom. The van der Waals surface area contributed by atoms with Crippen molar-refractivity contribution in [3.8, 4) is 5.75 Å². The molecular formula is C19H28N4O6. The first-order valence-corrected chi connectivity index (χ1v) is 9.16. The summed E-state index contributed by atoms with van der Waals surface area (Å²) in [5.41, 5.74) is 11.7. The Morgan fingerprint density at radius 2 is 1.62 bits per heavy atom. The van der Waals surface area contributed by atoms with Gasteiger partial charge in [0, 0.05) is 6.42 Å². The molecule has 0 aliphatic heterocycles. The van der Waals surface area contributed by atoms with Crippen LogP contribution in [0.3, 0.4) is 0 Å². The fraction of sp³-hybridized carbons (Fsp3) is 0.474. The summed E-state index contributed by atoms with van der Waals surface area (Å²) in [4.78, 5) is 47.1. The van der Waals surface area contributed by atoms with Crippen molar-refractivity contribution in [2.75, 3.05) is 0 Å². The van der Waals surface area contributed by atoms with Gasteiger partial charge in [-0.15, -0.1) is 0 Å². The maximum absolute atomic E-state index is 12.5. The van der Waals surface area contributed by atoms with Gasteiger partial charge in [0.05, 0.1) is 6.04 Å². The topological polar surface area (TPSA) is 185 Å². The molecule has 1 aromatic carbocycles. The summed E-state index contributed by atoms with van der Waals surface area (Å²) in [7, 11) is 0. The predicted octanol–water partition coefficient (Wildman–Crippen LogP) is -0.762. The highest BCUT2D eigenvalue weighted by Crippen LogP contribution is 2.11. The van der Waals surface area contributed by atoms with Crippen molar-refractivity contribution in [3.05, 3.63) is 29.8 Å². The standard InChI is InChI=1S/C19H28N4O6/c1-10(2)16(18(27)22-14(19(28)29)7-8-15(21)25)23-17(26)13(20)9-11-3-5-12(24)6-4-11/h3-6,10,13-14,16,24H,7-9,20H2,1-2H3,(H2,21,25)(H,22,27)(H,23,26)(H,28,29)/t13-,14-,16-/m0/s1. The number of nitrogens with one attached hydrogen (secondary N) is 2. The lowest BCUT2D eigenvalue weighted by atomic mass is 10.0. The first-order chi connectivity index (χ1) is 13.5. The van der Waals surface area contributed by atoms with Crippen LogP contribution in [-0.4, -0.2) is 52.0 Å². The molecule has 10 heteroatoms. The van der Waals surface area contributed by atoms with Gasteiger partial charge in [-0.2, -0.15) is 0 Å². The number of carboxylic acid groups (broad SMARTS) is 1. The molecule has 0 saturated heterocycles. The van der Waals surface area contributed by atoms with Gasteiger partial charge in [-0.3, -0.25) is 14.4 Å². The van der Waals surface area contributed by atoms with Gasteiger partial charge < -0.3 is 32.3 Å². The van der Waals surface area contributed by atoms with Crippen molar-refractivity contribution in [2.24, 2.45) is 17.4 Å². The van der Waals surface area contributed by atoms with Crippen LogP contribution in [-0.2, 0) is 25.6 Å². The van der Waals surface area contributed by atoms with Crippen LogP contribution >= 0.6 is 0 Å².